The molecule has 1 amide bonds. The van der Waals surface area contributed by atoms with Crippen molar-refractivity contribution in [2.24, 2.45) is 5.92 Å². The van der Waals surface area contributed by atoms with Crippen LogP contribution in [0.3, 0.4) is 0 Å². The van der Waals surface area contributed by atoms with Crippen LogP contribution >= 0.6 is 0 Å². The number of carbonyl (C=O) groups is 1. The fourth-order valence-electron chi connectivity index (χ4n) is 2.56. The van der Waals surface area contributed by atoms with Gasteiger partial charge in [-0.15, -0.1) is 0 Å². The molecule has 0 radical (unpaired) electrons. The van der Waals surface area contributed by atoms with Gasteiger partial charge in [-0.2, -0.15) is 0 Å². The maximum absolute atomic E-state index is 14.7. The van der Waals surface area contributed by atoms with Crippen molar-refractivity contribution >= 4 is 23.1 Å². The number of hydrogen-bond donors (Lipinski definition) is 2. The third-order valence-electron chi connectivity index (χ3n) is 3.93. The molecule has 2 aliphatic rings. The lowest BCUT2D eigenvalue weighted by molar-refractivity contribution is -0.110. The summed E-state index contributed by atoms with van der Waals surface area (Å²) in [6, 6.07) is 0.915. The second-order valence-electron chi connectivity index (χ2n) is 5.54. The molecule has 6 nitrogen and oxygen atoms in total. The zero-order chi connectivity index (χ0) is 15.5. The van der Waals surface area contributed by atoms with E-state index >= 15 is 0 Å². The Kier molecular flexibility index (Phi) is 4.68. The molecular formula is C14H18FN3O3S. The number of nitrogens with one attached hydrogen (secondary N) is 2. The molecule has 1 saturated heterocycles. The molecule has 1 aromatic rings. The Bertz CT molecular complexity index is 576. The van der Waals surface area contributed by atoms with Crippen LogP contribution in [0.4, 0.5) is 10.1 Å². The lowest BCUT2D eigenvalue weighted by Gasteiger charge is -2.22. The second-order valence-corrected chi connectivity index (χ2v) is 7.01. The summed E-state index contributed by atoms with van der Waals surface area (Å²) in [4.78, 5) is 14.9. The van der Waals surface area contributed by atoms with Crippen molar-refractivity contribution in [3.8, 4) is 0 Å². The van der Waals surface area contributed by atoms with Crippen LogP contribution in [-0.4, -0.2) is 34.1 Å². The summed E-state index contributed by atoms with van der Waals surface area (Å²) < 4.78 is 34.6. The number of amides is 1. The highest BCUT2D eigenvalue weighted by Crippen LogP contribution is 2.32. The normalized spacial score (nSPS) is 23.8. The predicted molar refractivity (Wildman–Crippen MR) is 79.8 cm³/mol. The highest BCUT2D eigenvalue weighted by atomic mass is 32.2. The summed E-state index contributed by atoms with van der Waals surface area (Å²) in [7, 11) is -1.28. The molecule has 1 aliphatic heterocycles. The Balaban J connectivity index is 1.84. The molecule has 8 heteroatoms. The SMILES string of the molecule is O=CNC(c1nccc(NS(=O)C2CC2)c1F)C1CCOC1. The van der Waals surface area contributed by atoms with Crippen LogP contribution in [0.1, 0.15) is 31.0 Å². The minimum atomic E-state index is -1.28. The quantitative estimate of drug-likeness (QED) is 0.740. The molecule has 22 heavy (non-hydrogen) atoms. The molecule has 1 aliphatic carbocycles. The van der Waals surface area contributed by atoms with Gasteiger partial charge in [0.15, 0.2) is 5.82 Å². The summed E-state index contributed by atoms with van der Waals surface area (Å²) in [5, 5.41) is 2.73. The Morgan fingerprint density at radius 3 is 2.91 bits per heavy atom. The van der Waals surface area contributed by atoms with E-state index in [9.17, 15) is 13.4 Å². The Hall–Kier alpha value is -1.54. The fourth-order valence-corrected chi connectivity index (χ4v) is 3.66. The monoisotopic (exact) mass is 327 g/mol. The van der Waals surface area contributed by atoms with Gasteiger partial charge in [0.2, 0.25) is 6.41 Å². The highest BCUT2D eigenvalue weighted by Gasteiger charge is 2.32. The molecule has 0 bridgehead atoms. The van der Waals surface area contributed by atoms with E-state index in [-0.39, 0.29) is 22.5 Å². The first-order valence-electron chi connectivity index (χ1n) is 7.29. The van der Waals surface area contributed by atoms with E-state index in [0.717, 1.165) is 19.3 Å². The van der Waals surface area contributed by atoms with Crippen LogP contribution in [0, 0.1) is 11.7 Å². The molecule has 3 unspecified atom stereocenters. The van der Waals surface area contributed by atoms with Gasteiger partial charge in [-0.05, 0) is 25.3 Å². The van der Waals surface area contributed by atoms with Crippen molar-refractivity contribution in [1.29, 1.82) is 0 Å². The Morgan fingerprint density at radius 1 is 1.45 bits per heavy atom. The lowest BCUT2D eigenvalue weighted by Crippen LogP contribution is -2.29. The van der Waals surface area contributed by atoms with E-state index < -0.39 is 22.8 Å². The number of pyridine rings is 1. The zero-order valence-electron chi connectivity index (χ0n) is 12.0. The summed E-state index contributed by atoms with van der Waals surface area (Å²) >= 11 is 0. The summed E-state index contributed by atoms with van der Waals surface area (Å²) in [6.45, 7) is 1.05. The predicted octanol–water partition coefficient (Wildman–Crippen LogP) is 1.28. The maximum Gasteiger partial charge on any atom is 0.207 e. The third-order valence-corrected chi connectivity index (χ3v) is 5.43. The second kappa shape index (κ2) is 6.70. The lowest BCUT2D eigenvalue weighted by atomic mass is 9.95. The number of halogens is 1. The van der Waals surface area contributed by atoms with E-state index in [2.05, 4.69) is 15.0 Å². The van der Waals surface area contributed by atoms with Crippen molar-refractivity contribution in [3.63, 3.8) is 0 Å². The van der Waals surface area contributed by atoms with Crippen molar-refractivity contribution in [3.05, 3.63) is 23.8 Å². The van der Waals surface area contributed by atoms with Crippen LogP contribution in [0.5, 0.6) is 0 Å². The molecule has 1 aromatic heterocycles. The summed E-state index contributed by atoms with van der Waals surface area (Å²) in [5.41, 5.74) is 0.312. The molecule has 2 N–H and O–H groups in total. The number of ether oxygens (including phenoxy) is 1. The molecule has 2 heterocycles. The molecule has 3 atom stereocenters. The first-order valence-corrected chi connectivity index (χ1v) is 8.51. The van der Waals surface area contributed by atoms with Crippen LogP contribution < -0.4 is 10.0 Å². The zero-order valence-corrected chi connectivity index (χ0v) is 12.8. The smallest absolute Gasteiger partial charge is 0.207 e. The maximum atomic E-state index is 14.7. The van der Waals surface area contributed by atoms with E-state index in [1.807, 2.05) is 0 Å². The molecule has 120 valence electrons. The van der Waals surface area contributed by atoms with Crippen molar-refractivity contribution in [1.82, 2.24) is 10.3 Å². The van der Waals surface area contributed by atoms with Gasteiger partial charge in [0.05, 0.1) is 23.6 Å². The van der Waals surface area contributed by atoms with Crippen molar-refractivity contribution in [2.45, 2.75) is 30.6 Å². The molecular weight excluding hydrogens is 309 g/mol. The third kappa shape index (κ3) is 3.27. The number of rotatable bonds is 7. The first-order chi connectivity index (χ1) is 10.7. The highest BCUT2D eigenvalue weighted by molar-refractivity contribution is 7.87. The van der Waals surface area contributed by atoms with Crippen LogP contribution in [0.25, 0.3) is 0 Å². The van der Waals surface area contributed by atoms with Crippen molar-refractivity contribution < 1.29 is 18.1 Å². The van der Waals surface area contributed by atoms with Gasteiger partial charge in [-0.25, -0.2) is 8.60 Å². The molecule has 3 rings (SSSR count). The number of nitrogens with zero attached hydrogens (tertiary/aromatic N) is 1. The van der Waals surface area contributed by atoms with Gasteiger partial charge in [0, 0.05) is 18.7 Å². The number of anilines is 1. The van der Waals surface area contributed by atoms with E-state index in [4.69, 9.17) is 4.74 Å². The standard InChI is InChI=1S/C14H18FN3O3S/c15-12-11(18-22(20)10-1-2-10)3-5-16-14(12)13(17-8-19)9-4-6-21-7-9/h3,5,8-10,13H,1-2,4,6-7H2,(H,16,18)(H,17,19). The minimum Gasteiger partial charge on any atom is -0.381 e. The molecule has 1 saturated carbocycles. The van der Waals surface area contributed by atoms with Gasteiger partial charge in [0.25, 0.3) is 0 Å². The van der Waals surface area contributed by atoms with Crippen LogP contribution in [-0.2, 0) is 20.5 Å². The average Bonchev–Trinajstić information content (AvgIpc) is 3.23. The average molecular weight is 327 g/mol. The van der Waals surface area contributed by atoms with Gasteiger partial charge in [-0.1, -0.05) is 0 Å². The molecule has 2 fully saturated rings. The number of aromatic nitrogens is 1. The van der Waals surface area contributed by atoms with Gasteiger partial charge >= 0.3 is 0 Å². The fraction of sp³-hybridized carbons (Fsp3) is 0.571. The molecule has 0 spiro atoms. The Morgan fingerprint density at radius 2 is 2.27 bits per heavy atom. The minimum absolute atomic E-state index is 0.0172. The van der Waals surface area contributed by atoms with E-state index in [0.29, 0.717) is 19.6 Å². The first kappa shape index (κ1) is 15.4. The van der Waals surface area contributed by atoms with Gasteiger partial charge in [-0.3, -0.25) is 9.78 Å². The molecule has 0 aromatic carbocycles. The largest absolute Gasteiger partial charge is 0.381 e. The van der Waals surface area contributed by atoms with Gasteiger partial charge < -0.3 is 14.8 Å². The van der Waals surface area contributed by atoms with Gasteiger partial charge in [0.1, 0.15) is 16.7 Å². The number of hydrogen-bond acceptors (Lipinski definition) is 4. The number of carbonyl (C=O) groups excluding carboxylic acids is 1. The van der Waals surface area contributed by atoms with E-state index in [1.165, 1.54) is 12.3 Å². The van der Waals surface area contributed by atoms with E-state index in [1.54, 1.807) is 0 Å². The van der Waals surface area contributed by atoms with Crippen LogP contribution in [0.2, 0.25) is 0 Å². The summed E-state index contributed by atoms with van der Waals surface area (Å²) in [5.74, 6) is -0.584. The Labute approximate surface area is 130 Å². The van der Waals surface area contributed by atoms with Crippen molar-refractivity contribution in [2.75, 3.05) is 17.9 Å². The topological polar surface area (TPSA) is 80.3 Å². The van der Waals surface area contributed by atoms with Crippen LogP contribution in [0.15, 0.2) is 12.3 Å². The summed E-state index contributed by atoms with van der Waals surface area (Å²) in [6.07, 6.45) is 4.53.